The van der Waals surface area contributed by atoms with Crippen LogP contribution in [0, 0.1) is 6.92 Å². The molecule has 0 spiro atoms. The third-order valence-electron chi connectivity index (χ3n) is 3.19. The van der Waals surface area contributed by atoms with Gasteiger partial charge in [0.2, 0.25) is 5.91 Å². The Hall–Kier alpha value is -1.82. The lowest BCUT2D eigenvalue weighted by Crippen LogP contribution is -2.26. The second-order valence-corrected chi connectivity index (χ2v) is 5.76. The van der Waals surface area contributed by atoms with Crippen LogP contribution in [0.3, 0.4) is 0 Å². The SMILES string of the molecule is Cc1nnc(SCC(=O)NCCCc2ccccc2)n1C. The van der Waals surface area contributed by atoms with E-state index in [-0.39, 0.29) is 5.91 Å². The van der Waals surface area contributed by atoms with Gasteiger partial charge in [-0.1, -0.05) is 42.1 Å². The van der Waals surface area contributed by atoms with Crippen LogP contribution in [-0.2, 0) is 18.3 Å². The lowest BCUT2D eigenvalue weighted by molar-refractivity contribution is -0.118. The summed E-state index contributed by atoms with van der Waals surface area (Å²) in [6.45, 7) is 2.59. The first-order chi connectivity index (χ1) is 10.2. The molecule has 0 unspecified atom stereocenters. The number of benzene rings is 1. The summed E-state index contributed by atoms with van der Waals surface area (Å²) in [5.41, 5.74) is 1.30. The van der Waals surface area contributed by atoms with E-state index in [9.17, 15) is 4.79 Å². The van der Waals surface area contributed by atoms with Crippen molar-refractivity contribution in [1.82, 2.24) is 20.1 Å². The van der Waals surface area contributed by atoms with Crippen LogP contribution in [0.5, 0.6) is 0 Å². The second-order valence-electron chi connectivity index (χ2n) is 4.82. The van der Waals surface area contributed by atoms with Crippen molar-refractivity contribution in [3.8, 4) is 0 Å². The summed E-state index contributed by atoms with van der Waals surface area (Å²) >= 11 is 1.41. The number of nitrogens with zero attached hydrogens (tertiary/aromatic N) is 3. The summed E-state index contributed by atoms with van der Waals surface area (Å²) in [4.78, 5) is 11.8. The van der Waals surface area contributed by atoms with Crippen LogP contribution in [-0.4, -0.2) is 33.0 Å². The van der Waals surface area contributed by atoms with Gasteiger partial charge in [0.05, 0.1) is 5.75 Å². The summed E-state index contributed by atoms with van der Waals surface area (Å²) in [6, 6.07) is 10.3. The Balaban J connectivity index is 1.63. The molecule has 1 heterocycles. The molecule has 5 nitrogen and oxygen atoms in total. The van der Waals surface area contributed by atoms with Gasteiger partial charge in [0.15, 0.2) is 5.16 Å². The summed E-state index contributed by atoms with van der Waals surface area (Å²) in [5.74, 6) is 1.26. The van der Waals surface area contributed by atoms with Crippen LogP contribution < -0.4 is 5.32 Å². The number of carbonyl (C=O) groups is 1. The molecule has 1 aromatic carbocycles. The predicted molar refractivity (Wildman–Crippen MR) is 84.2 cm³/mol. The Morgan fingerprint density at radius 2 is 2.05 bits per heavy atom. The van der Waals surface area contributed by atoms with E-state index in [1.807, 2.05) is 36.7 Å². The molecule has 0 bridgehead atoms. The molecule has 0 aliphatic carbocycles. The molecule has 0 aliphatic rings. The number of carbonyl (C=O) groups excluding carboxylic acids is 1. The van der Waals surface area contributed by atoms with E-state index in [4.69, 9.17) is 0 Å². The highest BCUT2D eigenvalue weighted by atomic mass is 32.2. The van der Waals surface area contributed by atoms with Crippen molar-refractivity contribution in [3.05, 3.63) is 41.7 Å². The predicted octanol–water partition coefficient (Wildman–Crippen LogP) is 1.96. The topological polar surface area (TPSA) is 59.8 Å². The lowest BCUT2D eigenvalue weighted by atomic mass is 10.1. The van der Waals surface area contributed by atoms with Crippen LogP contribution >= 0.6 is 11.8 Å². The summed E-state index contributed by atoms with van der Waals surface area (Å²) in [6.07, 6.45) is 1.93. The van der Waals surface area contributed by atoms with Gasteiger partial charge in [0.25, 0.3) is 0 Å². The molecule has 2 aromatic rings. The molecule has 0 radical (unpaired) electrons. The van der Waals surface area contributed by atoms with Crippen molar-refractivity contribution < 1.29 is 4.79 Å². The molecular weight excluding hydrogens is 284 g/mol. The summed E-state index contributed by atoms with van der Waals surface area (Å²) < 4.78 is 1.88. The molecular formula is C15H20N4OS. The third kappa shape index (κ3) is 4.90. The molecule has 0 saturated heterocycles. The molecule has 2 rings (SSSR count). The minimum absolute atomic E-state index is 0.0358. The van der Waals surface area contributed by atoms with Gasteiger partial charge >= 0.3 is 0 Å². The summed E-state index contributed by atoms with van der Waals surface area (Å²) in [7, 11) is 1.90. The molecule has 0 saturated carbocycles. The quantitative estimate of drug-likeness (QED) is 0.627. The largest absolute Gasteiger partial charge is 0.355 e. The van der Waals surface area contributed by atoms with Gasteiger partial charge in [0.1, 0.15) is 5.82 Å². The van der Waals surface area contributed by atoms with E-state index in [1.54, 1.807) is 0 Å². The maximum Gasteiger partial charge on any atom is 0.230 e. The molecule has 6 heteroatoms. The zero-order chi connectivity index (χ0) is 15.1. The van der Waals surface area contributed by atoms with Gasteiger partial charge < -0.3 is 9.88 Å². The monoisotopic (exact) mass is 304 g/mol. The Bertz CT molecular complexity index is 583. The fourth-order valence-corrected chi connectivity index (χ4v) is 2.65. The number of aryl methyl sites for hydroxylation is 2. The number of hydrogen-bond acceptors (Lipinski definition) is 4. The highest BCUT2D eigenvalue weighted by molar-refractivity contribution is 7.99. The van der Waals surface area contributed by atoms with Gasteiger partial charge in [-0.2, -0.15) is 0 Å². The first kappa shape index (κ1) is 15.6. The van der Waals surface area contributed by atoms with Gasteiger partial charge in [-0.15, -0.1) is 10.2 Å². The molecule has 1 aromatic heterocycles. The molecule has 1 N–H and O–H groups in total. The minimum Gasteiger partial charge on any atom is -0.355 e. The number of thioether (sulfide) groups is 1. The van der Waals surface area contributed by atoms with Crippen LogP contribution in [0.15, 0.2) is 35.5 Å². The normalized spacial score (nSPS) is 10.6. The van der Waals surface area contributed by atoms with Crippen LogP contribution in [0.4, 0.5) is 0 Å². The van der Waals surface area contributed by atoms with E-state index in [0.29, 0.717) is 12.3 Å². The van der Waals surface area contributed by atoms with E-state index >= 15 is 0 Å². The van der Waals surface area contributed by atoms with E-state index in [0.717, 1.165) is 23.8 Å². The minimum atomic E-state index is 0.0358. The highest BCUT2D eigenvalue weighted by Gasteiger charge is 2.08. The third-order valence-corrected chi connectivity index (χ3v) is 4.21. The number of nitrogens with one attached hydrogen (secondary N) is 1. The fourth-order valence-electron chi connectivity index (χ4n) is 1.86. The Morgan fingerprint density at radius 1 is 1.29 bits per heavy atom. The zero-order valence-electron chi connectivity index (χ0n) is 12.4. The van der Waals surface area contributed by atoms with Crippen molar-refractivity contribution in [3.63, 3.8) is 0 Å². The van der Waals surface area contributed by atoms with E-state index in [1.165, 1.54) is 17.3 Å². The summed E-state index contributed by atoms with van der Waals surface area (Å²) in [5, 5.41) is 11.7. The van der Waals surface area contributed by atoms with Gasteiger partial charge in [-0.05, 0) is 25.3 Å². The van der Waals surface area contributed by atoms with Gasteiger partial charge in [0, 0.05) is 13.6 Å². The maximum atomic E-state index is 11.8. The average Bonchev–Trinajstić information content (AvgIpc) is 2.82. The Morgan fingerprint density at radius 3 is 2.71 bits per heavy atom. The number of amides is 1. The first-order valence-electron chi connectivity index (χ1n) is 6.96. The van der Waals surface area contributed by atoms with Gasteiger partial charge in [-0.3, -0.25) is 4.79 Å². The van der Waals surface area contributed by atoms with Crippen LogP contribution in [0.1, 0.15) is 17.8 Å². The van der Waals surface area contributed by atoms with Crippen molar-refractivity contribution >= 4 is 17.7 Å². The molecule has 21 heavy (non-hydrogen) atoms. The number of aromatic nitrogens is 3. The molecule has 0 fully saturated rings. The zero-order valence-corrected chi connectivity index (χ0v) is 13.2. The Labute approximate surface area is 129 Å². The smallest absolute Gasteiger partial charge is 0.230 e. The van der Waals surface area contributed by atoms with Crippen LogP contribution in [0.2, 0.25) is 0 Å². The maximum absolute atomic E-state index is 11.8. The number of hydrogen-bond donors (Lipinski definition) is 1. The van der Waals surface area contributed by atoms with Gasteiger partial charge in [-0.25, -0.2) is 0 Å². The molecule has 1 amide bonds. The lowest BCUT2D eigenvalue weighted by Gasteiger charge is -2.05. The van der Waals surface area contributed by atoms with Crippen molar-refractivity contribution in [2.75, 3.05) is 12.3 Å². The standard InChI is InChI=1S/C15H20N4OS/c1-12-17-18-15(19(12)2)21-11-14(20)16-10-6-9-13-7-4-3-5-8-13/h3-5,7-8H,6,9-11H2,1-2H3,(H,16,20). The fraction of sp³-hybridized carbons (Fsp3) is 0.400. The second kappa shape index (κ2) is 7.83. The van der Waals surface area contributed by atoms with Crippen molar-refractivity contribution in [2.24, 2.45) is 7.05 Å². The Kier molecular flexibility index (Phi) is 5.80. The first-order valence-corrected chi connectivity index (χ1v) is 7.95. The number of rotatable bonds is 7. The average molecular weight is 304 g/mol. The van der Waals surface area contributed by atoms with Crippen molar-refractivity contribution in [2.45, 2.75) is 24.9 Å². The van der Waals surface area contributed by atoms with E-state index < -0.39 is 0 Å². The molecule has 0 atom stereocenters. The van der Waals surface area contributed by atoms with Crippen LogP contribution in [0.25, 0.3) is 0 Å². The molecule has 0 aliphatic heterocycles. The molecule has 112 valence electrons. The van der Waals surface area contributed by atoms with Crippen molar-refractivity contribution in [1.29, 1.82) is 0 Å². The van der Waals surface area contributed by atoms with E-state index in [2.05, 4.69) is 27.6 Å². The highest BCUT2D eigenvalue weighted by Crippen LogP contribution is 2.14.